The van der Waals surface area contributed by atoms with Crippen LogP contribution in [0.3, 0.4) is 0 Å². The van der Waals surface area contributed by atoms with Crippen LogP contribution in [0.25, 0.3) is 0 Å². The van der Waals surface area contributed by atoms with Crippen molar-refractivity contribution < 1.29 is 14.3 Å². The summed E-state index contributed by atoms with van der Waals surface area (Å²) in [6.07, 6.45) is 0.869. The minimum atomic E-state index is -0.633. The zero-order valence-electron chi connectivity index (χ0n) is 10.3. The standard InChI is InChI=1S/C14H15NO3/c1-2-18-14(17)11-12-10-6-4-3-5-9(10)7-8-15(12)13(11)16/h3-6,11-12H,2,7-8H2,1H3/t11-,12-/m1/s1. The molecule has 18 heavy (non-hydrogen) atoms. The van der Waals surface area contributed by atoms with Crippen molar-refractivity contribution in [3.8, 4) is 0 Å². The Morgan fingerprint density at radius 2 is 2.22 bits per heavy atom. The highest BCUT2D eigenvalue weighted by atomic mass is 16.5. The van der Waals surface area contributed by atoms with E-state index in [9.17, 15) is 9.59 Å². The third-order valence-electron chi connectivity index (χ3n) is 3.74. The van der Waals surface area contributed by atoms with Crippen molar-refractivity contribution in [2.45, 2.75) is 19.4 Å². The number of carbonyl (C=O) groups is 2. The second kappa shape index (κ2) is 4.12. The van der Waals surface area contributed by atoms with Crippen LogP contribution >= 0.6 is 0 Å². The topological polar surface area (TPSA) is 46.6 Å². The number of hydrogen-bond donors (Lipinski definition) is 0. The summed E-state index contributed by atoms with van der Waals surface area (Å²) in [4.78, 5) is 25.6. The van der Waals surface area contributed by atoms with Gasteiger partial charge in [-0.05, 0) is 24.5 Å². The molecule has 0 aromatic heterocycles. The van der Waals surface area contributed by atoms with Crippen LogP contribution in [0, 0.1) is 5.92 Å². The molecule has 0 bridgehead atoms. The Morgan fingerprint density at radius 1 is 1.44 bits per heavy atom. The van der Waals surface area contributed by atoms with Gasteiger partial charge in [-0.15, -0.1) is 0 Å². The number of fused-ring (bicyclic) bond motifs is 3. The zero-order chi connectivity index (χ0) is 12.7. The van der Waals surface area contributed by atoms with Gasteiger partial charge in [-0.1, -0.05) is 24.3 Å². The molecule has 4 heteroatoms. The third kappa shape index (κ3) is 1.45. The third-order valence-corrected chi connectivity index (χ3v) is 3.74. The first-order chi connectivity index (χ1) is 8.74. The Morgan fingerprint density at radius 3 is 3.00 bits per heavy atom. The summed E-state index contributed by atoms with van der Waals surface area (Å²) < 4.78 is 4.99. The molecule has 4 nitrogen and oxygen atoms in total. The van der Waals surface area contributed by atoms with Crippen LogP contribution in [0.4, 0.5) is 0 Å². The lowest BCUT2D eigenvalue weighted by Crippen LogP contribution is -2.60. The second-order valence-electron chi connectivity index (χ2n) is 4.66. The maximum absolute atomic E-state index is 11.9. The van der Waals surface area contributed by atoms with Crippen molar-refractivity contribution >= 4 is 11.9 Å². The zero-order valence-corrected chi connectivity index (χ0v) is 10.3. The number of ether oxygens (including phenoxy) is 1. The number of nitrogens with zero attached hydrogens (tertiary/aromatic N) is 1. The SMILES string of the molecule is CCOC(=O)[C@H]1C(=O)N2CCc3ccccc3[C@H]12. The van der Waals surface area contributed by atoms with Crippen LogP contribution in [-0.4, -0.2) is 29.9 Å². The average molecular weight is 245 g/mol. The predicted molar refractivity (Wildman–Crippen MR) is 64.7 cm³/mol. The maximum atomic E-state index is 11.9. The fourth-order valence-corrected chi connectivity index (χ4v) is 2.90. The minimum absolute atomic E-state index is 0.0899. The van der Waals surface area contributed by atoms with Crippen molar-refractivity contribution in [1.29, 1.82) is 0 Å². The molecule has 1 amide bonds. The van der Waals surface area contributed by atoms with Crippen molar-refractivity contribution in [3.63, 3.8) is 0 Å². The van der Waals surface area contributed by atoms with Gasteiger partial charge in [-0.3, -0.25) is 9.59 Å². The van der Waals surface area contributed by atoms with Crippen LogP contribution in [0.5, 0.6) is 0 Å². The number of hydrogen-bond acceptors (Lipinski definition) is 3. The lowest BCUT2D eigenvalue weighted by atomic mass is 9.77. The summed E-state index contributed by atoms with van der Waals surface area (Å²) in [5.74, 6) is -1.11. The highest BCUT2D eigenvalue weighted by Gasteiger charge is 2.54. The van der Waals surface area contributed by atoms with Crippen LogP contribution in [0.1, 0.15) is 24.1 Å². The number of esters is 1. The van der Waals surface area contributed by atoms with E-state index in [1.165, 1.54) is 5.56 Å². The van der Waals surface area contributed by atoms with E-state index in [0.29, 0.717) is 13.2 Å². The van der Waals surface area contributed by atoms with Gasteiger partial charge in [0.05, 0.1) is 12.6 Å². The molecule has 2 atom stereocenters. The number of β-lactam (4-membered cyclic amide) rings is 1. The van der Waals surface area contributed by atoms with E-state index < -0.39 is 5.92 Å². The quantitative estimate of drug-likeness (QED) is 0.448. The molecule has 1 aromatic carbocycles. The number of amides is 1. The molecule has 0 radical (unpaired) electrons. The van der Waals surface area contributed by atoms with Gasteiger partial charge in [0.2, 0.25) is 5.91 Å². The van der Waals surface area contributed by atoms with Gasteiger partial charge in [0.15, 0.2) is 5.92 Å². The van der Waals surface area contributed by atoms with Crippen molar-refractivity contribution in [2.75, 3.05) is 13.2 Å². The molecule has 1 aromatic rings. The van der Waals surface area contributed by atoms with E-state index in [1.807, 2.05) is 18.2 Å². The molecule has 0 aliphatic carbocycles. The predicted octanol–water partition coefficient (Wildman–Crippen LogP) is 1.31. The summed E-state index contributed by atoms with van der Waals surface area (Å²) >= 11 is 0. The molecular weight excluding hydrogens is 230 g/mol. The van der Waals surface area contributed by atoms with Gasteiger partial charge >= 0.3 is 5.97 Å². The van der Waals surface area contributed by atoms with Crippen LogP contribution in [0.2, 0.25) is 0 Å². The van der Waals surface area contributed by atoms with Gasteiger partial charge < -0.3 is 9.64 Å². The first-order valence-corrected chi connectivity index (χ1v) is 6.29. The highest BCUT2D eigenvalue weighted by molar-refractivity contribution is 6.04. The Balaban J connectivity index is 1.93. The van der Waals surface area contributed by atoms with Gasteiger partial charge in [0.25, 0.3) is 0 Å². The lowest BCUT2D eigenvalue weighted by Gasteiger charge is -2.49. The van der Waals surface area contributed by atoms with Gasteiger partial charge in [-0.25, -0.2) is 0 Å². The molecule has 94 valence electrons. The molecular formula is C14H15NO3. The molecule has 1 saturated heterocycles. The van der Waals surface area contributed by atoms with Crippen molar-refractivity contribution in [3.05, 3.63) is 35.4 Å². The van der Waals surface area contributed by atoms with E-state index in [0.717, 1.165) is 12.0 Å². The van der Waals surface area contributed by atoms with E-state index in [-0.39, 0.29) is 17.9 Å². The Labute approximate surface area is 106 Å². The average Bonchev–Trinajstić information content (AvgIpc) is 2.37. The van der Waals surface area contributed by atoms with Crippen LogP contribution in [-0.2, 0) is 20.7 Å². The lowest BCUT2D eigenvalue weighted by molar-refractivity contribution is -0.174. The highest BCUT2D eigenvalue weighted by Crippen LogP contribution is 2.44. The van der Waals surface area contributed by atoms with E-state index in [4.69, 9.17) is 4.74 Å². The number of rotatable bonds is 2. The monoisotopic (exact) mass is 245 g/mol. The summed E-state index contributed by atoms with van der Waals surface area (Å²) in [6.45, 7) is 2.78. The Bertz CT molecular complexity index is 512. The number of carbonyl (C=O) groups excluding carboxylic acids is 2. The summed E-state index contributed by atoms with van der Waals surface area (Å²) in [6, 6.07) is 7.91. The minimum Gasteiger partial charge on any atom is -0.465 e. The molecule has 1 fully saturated rings. The Hall–Kier alpha value is -1.84. The maximum Gasteiger partial charge on any atom is 0.321 e. The molecule has 0 saturated carbocycles. The van der Waals surface area contributed by atoms with Gasteiger partial charge in [0.1, 0.15) is 0 Å². The fraction of sp³-hybridized carbons (Fsp3) is 0.429. The van der Waals surface area contributed by atoms with E-state index in [2.05, 4.69) is 6.07 Å². The van der Waals surface area contributed by atoms with Gasteiger partial charge in [0, 0.05) is 6.54 Å². The fourth-order valence-electron chi connectivity index (χ4n) is 2.90. The molecule has 0 N–H and O–H groups in total. The molecule has 2 heterocycles. The number of benzene rings is 1. The molecule has 3 rings (SSSR count). The molecule has 2 aliphatic rings. The summed E-state index contributed by atoms with van der Waals surface area (Å²) in [5, 5.41) is 0. The second-order valence-corrected chi connectivity index (χ2v) is 4.66. The Kier molecular flexibility index (Phi) is 2.58. The van der Waals surface area contributed by atoms with Crippen molar-refractivity contribution in [1.82, 2.24) is 4.90 Å². The van der Waals surface area contributed by atoms with E-state index in [1.54, 1.807) is 11.8 Å². The van der Waals surface area contributed by atoms with Crippen LogP contribution in [0.15, 0.2) is 24.3 Å². The smallest absolute Gasteiger partial charge is 0.321 e. The summed E-state index contributed by atoms with van der Waals surface area (Å²) in [5.41, 5.74) is 2.34. The normalized spacial score (nSPS) is 24.9. The summed E-state index contributed by atoms with van der Waals surface area (Å²) in [7, 11) is 0. The molecule has 0 spiro atoms. The molecule has 2 aliphatic heterocycles. The molecule has 0 unspecified atom stereocenters. The van der Waals surface area contributed by atoms with Crippen molar-refractivity contribution in [2.24, 2.45) is 5.92 Å². The van der Waals surface area contributed by atoms with Crippen LogP contribution < -0.4 is 0 Å². The largest absolute Gasteiger partial charge is 0.465 e. The first-order valence-electron chi connectivity index (χ1n) is 6.29. The van der Waals surface area contributed by atoms with Gasteiger partial charge in [-0.2, -0.15) is 0 Å². The first kappa shape index (κ1) is 11.3. The van der Waals surface area contributed by atoms with E-state index >= 15 is 0 Å².